The van der Waals surface area contributed by atoms with Crippen LogP contribution in [0.25, 0.3) is 11.3 Å². The largest absolute Gasteiger partial charge is 0.379 e. The molecule has 2 aliphatic heterocycles. The predicted molar refractivity (Wildman–Crippen MR) is 113 cm³/mol. The van der Waals surface area contributed by atoms with E-state index in [-0.39, 0.29) is 17.6 Å². The molecule has 4 rings (SSSR count). The fraction of sp³-hybridized carbons (Fsp3) is 0.737. The quantitative estimate of drug-likeness (QED) is 0.681. The molecule has 2 aliphatic rings. The Morgan fingerprint density at radius 2 is 1.59 bits per heavy atom. The summed E-state index contributed by atoms with van der Waals surface area (Å²) >= 11 is 3.60. The van der Waals surface area contributed by atoms with Gasteiger partial charge in [-0.1, -0.05) is 6.92 Å². The molecule has 2 saturated heterocycles. The number of hydrogen-bond acceptors (Lipinski definition) is 7. The lowest BCUT2D eigenvalue weighted by molar-refractivity contribution is 0.0326. The van der Waals surface area contributed by atoms with Crippen molar-refractivity contribution in [2.75, 3.05) is 65.7 Å². The highest BCUT2D eigenvalue weighted by atomic mass is 79.9. The Morgan fingerprint density at radius 1 is 1.00 bits per heavy atom. The van der Waals surface area contributed by atoms with Crippen LogP contribution in [0.2, 0.25) is 0 Å². The van der Waals surface area contributed by atoms with Crippen molar-refractivity contribution in [3.05, 3.63) is 20.8 Å². The molecule has 0 aliphatic carbocycles. The molecule has 0 amide bonds. The first-order valence-corrected chi connectivity index (χ1v) is 11.1. The Kier molecular flexibility index (Phi) is 6.65. The van der Waals surface area contributed by atoms with Gasteiger partial charge in [-0.3, -0.25) is 19.4 Å². The molecule has 10 heteroatoms. The molecule has 0 spiro atoms. The molecule has 0 saturated carbocycles. The van der Waals surface area contributed by atoms with Gasteiger partial charge in [0.2, 0.25) is 0 Å². The second-order valence-corrected chi connectivity index (χ2v) is 8.70. The van der Waals surface area contributed by atoms with Gasteiger partial charge in [0.25, 0.3) is 0 Å². The number of imidazole rings is 1. The van der Waals surface area contributed by atoms with E-state index in [0.717, 1.165) is 71.4 Å². The van der Waals surface area contributed by atoms with Crippen molar-refractivity contribution >= 4 is 27.2 Å². The van der Waals surface area contributed by atoms with E-state index in [1.54, 1.807) is 4.57 Å². The second kappa shape index (κ2) is 9.22. The van der Waals surface area contributed by atoms with Crippen LogP contribution in [0.1, 0.15) is 31.5 Å². The molecule has 9 nitrogen and oxygen atoms in total. The summed E-state index contributed by atoms with van der Waals surface area (Å²) in [6.07, 6.45) is 0. The van der Waals surface area contributed by atoms with Gasteiger partial charge in [0.1, 0.15) is 4.60 Å². The van der Waals surface area contributed by atoms with Crippen LogP contribution in [0.15, 0.2) is 9.40 Å². The fourth-order valence-electron chi connectivity index (χ4n) is 4.15. The lowest BCUT2D eigenvalue weighted by atomic mass is 10.1. The molecule has 1 unspecified atom stereocenters. The smallest absolute Gasteiger partial charge is 0.329 e. The third-order valence-corrected chi connectivity index (χ3v) is 6.28. The maximum atomic E-state index is 12.7. The number of ether oxygens (including phenoxy) is 2. The molecular formula is C19H29BrN6O3. The van der Waals surface area contributed by atoms with Crippen molar-refractivity contribution in [2.24, 2.45) is 0 Å². The van der Waals surface area contributed by atoms with Crippen molar-refractivity contribution < 1.29 is 9.47 Å². The van der Waals surface area contributed by atoms with Crippen LogP contribution in [0.4, 0.5) is 0 Å². The summed E-state index contributed by atoms with van der Waals surface area (Å²) in [6.45, 7) is 12.5. The van der Waals surface area contributed by atoms with Crippen molar-refractivity contribution in [1.29, 1.82) is 0 Å². The van der Waals surface area contributed by atoms with Gasteiger partial charge in [-0.15, -0.1) is 0 Å². The minimum absolute atomic E-state index is 0.00725. The van der Waals surface area contributed by atoms with Crippen molar-refractivity contribution in [1.82, 2.24) is 29.3 Å². The topological polar surface area (TPSA) is 88.5 Å². The first kappa shape index (κ1) is 20.9. The zero-order chi connectivity index (χ0) is 20.4. The van der Waals surface area contributed by atoms with Gasteiger partial charge >= 0.3 is 5.69 Å². The Morgan fingerprint density at radius 3 is 2.21 bits per heavy atom. The van der Waals surface area contributed by atoms with E-state index in [1.807, 2.05) is 0 Å². The summed E-state index contributed by atoms with van der Waals surface area (Å²) < 4.78 is 13.3. The predicted octanol–water partition coefficient (Wildman–Crippen LogP) is 1.21. The monoisotopic (exact) mass is 468 g/mol. The molecule has 29 heavy (non-hydrogen) atoms. The fourth-order valence-corrected chi connectivity index (χ4v) is 4.80. The van der Waals surface area contributed by atoms with Gasteiger partial charge in [0.05, 0.1) is 38.2 Å². The maximum absolute atomic E-state index is 12.7. The number of nitrogens with zero attached hydrogens (tertiary/aromatic N) is 5. The molecule has 0 bridgehead atoms. The Balaban J connectivity index is 1.55. The molecule has 2 aromatic rings. The van der Waals surface area contributed by atoms with Crippen LogP contribution in [-0.2, 0) is 9.47 Å². The Labute approximate surface area is 178 Å². The average molecular weight is 469 g/mol. The van der Waals surface area contributed by atoms with Crippen molar-refractivity contribution in [3.8, 4) is 0 Å². The SMILES string of the molecule is CC(CN1CCOCC1)n1c(=O)[nH]c2nc([C@@H](C)CN3CCOCC3)c(Br)nc21. The summed E-state index contributed by atoms with van der Waals surface area (Å²) in [7, 11) is 0. The lowest BCUT2D eigenvalue weighted by Crippen LogP contribution is -2.40. The number of morpholine rings is 2. The van der Waals surface area contributed by atoms with E-state index in [1.165, 1.54) is 0 Å². The number of fused-ring (bicyclic) bond motifs is 1. The van der Waals surface area contributed by atoms with Gasteiger partial charge in [-0.2, -0.15) is 0 Å². The van der Waals surface area contributed by atoms with Crippen LogP contribution in [0.5, 0.6) is 0 Å². The number of aromatic amines is 1. The summed E-state index contributed by atoms with van der Waals surface area (Å²) in [6, 6.07) is -0.00725. The molecule has 0 radical (unpaired) electrons. The molecule has 160 valence electrons. The van der Waals surface area contributed by atoms with E-state index in [4.69, 9.17) is 19.4 Å². The first-order chi connectivity index (χ1) is 14.0. The molecule has 1 N–H and O–H groups in total. The van der Waals surface area contributed by atoms with E-state index in [0.29, 0.717) is 15.9 Å². The van der Waals surface area contributed by atoms with Crippen LogP contribution < -0.4 is 5.69 Å². The van der Waals surface area contributed by atoms with E-state index in [2.05, 4.69) is 44.6 Å². The molecule has 2 fully saturated rings. The van der Waals surface area contributed by atoms with Crippen LogP contribution in [-0.4, -0.2) is 95.0 Å². The summed E-state index contributed by atoms with van der Waals surface area (Å²) in [4.78, 5) is 29.8. The van der Waals surface area contributed by atoms with Gasteiger partial charge in [0.15, 0.2) is 11.3 Å². The minimum atomic E-state index is -0.161. The number of aromatic nitrogens is 4. The highest BCUT2D eigenvalue weighted by molar-refractivity contribution is 9.10. The maximum Gasteiger partial charge on any atom is 0.329 e. The standard InChI is InChI=1S/C19H29BrN6O3/c1-13(11-24-3-7-28-8-4-24)15-16(20)22-18-17(21-15)23-19(27)26(18)14(2)12-25-5-9-29-10-6-25/h13-14H,3-12H2,1-2H3,(H,21,23,27)/t13-,14?/m0/s1. The molecule has 2 aromatic heterocycles. The third-order valence-electron chi connectivity index (χ3n) is 5.70. The Bertz CT molecular complexity index is 888. The normalized spacial score (nSPS) is 21.5. The van der Waals surface area contributed by atoms with Crippen LogP contribution >= 0.6 is 15.9 Å². The highest BCUT2D eigenvalue weighted by Gasteiger charge is 2.23. The van der Waals surface area contributed by atoms with E-state index in [9.17, 15) is 4.79 Å². The second-order valence-electron chi connectivity index (χ2n) is 7.95. The van der Waals surface area contributed by atoms with Gasteiger partial charge in [0, 0.05) is 45.2 Å². The van der Waals surface area contributed by atoms with Gasteiger partial charge in [-0.05, 0) is 22.9 Å². The van der Waals surface area contributed by atoms with E-state index >= 15 is 0 Å². The minimum Gasteiger partial charge on any atom is -0.379 e. The molecule has 4 heterocycles. The molecule has 2 atom stereocenters. The summed E-state index contributed by atoms with van der Waals surface area (Å²) in [5.74, 6) is 0.192. The lowest BCUT2D eigenvalue weighted by Gasteiger charge is -2.29. The summed E-state index contributed by atoms with van der Waals surface area (Å²) in [5, 5.41) is 0. The van der Waals surface area contributed by atoms with Gasteiger partial charge in [-0.25, -0.2) is 14.8 Å². The first-order valence-electron chi connectivity index (χ1n) is 10.3. The number of H-pyrrole nitrogens is 1. The van der Waals surface area contributed by atoms with Crippen molar-refractivity contribution in [3.63, 3.8) is 0 Å². The number of nitrogens with one attached hydrogen (secondary N) is 1. The average Bonchev–Trinajstić information content (AvgIpc) is 3.03. The number of rotatable bonds is 6. The van der Waals surface area contributed by atoms with Crippen molar-refractivity contribution in [2.45, 2.75) is 25.8 Å². The summed E-state index contributed by atoms with van der Waals surface area (Å²) in [5.41, 5.74) is 1.87. The molecule has 0 aromatic carbocycles. The Hall–Kier alpha value is -1.33. The number of hydrogen-bond donors (Lipinski definition) is 1. The van der Waals surface area contributed by atoms with Crippen LogP contribution in [0.3, 0.4) is 0 Å². The van der Waals surface area contributed by atoms with E-state index < -0.39 is 0 Å². The van der Waals surface area contributed by atoms with Gasteiger partial charge < -0.3 is 9.47 Å². The number of halogens is 1. The zero-order valence-corrected chi connectivity index (χ0v) is 18.7. The third kappa shape index (κ3) is 4.72. The highest BCUT2D eigenvalue weighted by Crippen LogP contribution is 2.25. The zero-order valence-electron chi connectivity index (χ0n) is 17.1. The van der Waals surface area contributed by atoms with Crippen LogP contribution in [0, 0.1) is 0 Å². The molecular weight excluding hydrogens is 440 g/mol.